The Morgan fingerprint density at radius 2 is 0.929 bits per heavy atom. The highest BCUT2D eigenvalue weighted by atomic mass is 32.2. The predicted molar refractivity (Wildman–Crippen MR) is 208 cm³/mol. The van der Waals surface area contributed by atoms with Gasteiger partial charge >= 0.3 is 12.4 Å². The molecule has 312 valence electrons. The van der Waals surface area contributed by atoms with Crippen molar-refractivity contribution in [2.24, 2.45) is 0 Å². The summed E-state index contributed by atoms with van der Waals surface area (Å²) in [5.74, 6) is -0.785. The van der Waals surface area contributed by atoms with Crippen LogP contribution in [0.15, 0.2) is 34.1 Å². The van der Waals surface area contributed by atoms with E-state index in [9.17, 15) is 35.9 Å². The van der Waals surface area contributed by atoms with Crippen LogP contribution in [0.2, 0.25) is 0 Å². The number of nitrogens with zero attached hydrogens (tertiary/aromatic N) is 2. The Morgan fingerprint density at radius 3 is 1.23 bits per heavy atom. The van der Waals surface area contributed by atoms with Gasteiger partial charge in [-0.05, 0) is 114 Å². The number of amides is 2. The molecule has 0 bridgehead atoms. The van der Waals surface area contributed by atoms with E-state index in [1.165, 1.54) is 39.9 Å². The standard InChI is InChI=1S/2C20H27F3N2O2S/c2*1-27-16-11-13(20(21,22)23)12-17(28-2)18(16)19(26)24-14-7-3-4-8-15(14)25-9-5-6-10-25/h2*11-12,14-15H,3-10H2,1-2H3,(H,24,26)/t14-,15+;14-,15-/m10/s1. The highest BCUT2D eigenvalue weighted by Gasteiger charge is 2.38. The van der Waals surface area contributed by atoms with Gasteiger partial charge in [-0.25, -0.2) is 0 Å². The zero-order chi connectivity index (χ0) is 40.6. The molecular weight excluding hydrogens is 779 g/mol. The summed E-state index contributed by atoms with van der Waals surface area (Å²) in [6.07, 6.45) is 7.35. The first-order chi connectivity index (χ1) is 26.7. The second-order valence-electron chi connectivity index (χ2n) is 14.9. The van der Waals surface area contributed by atoms with Gasteiger partial charge in [-0.15, -0.1) is 23.5 Å². The lowest BCUT2D eigenvalue weighted by molar-refractivity contribution is -0.138. The third-order valence-corrected chi connectivity index (χ3v) is 13.0. The van der Waals surface area contributed by atoms with Crippen LogP contribution in [0.25, 0.3) is 0 Å². The molecule has 6 rings (SSSR count). The molecule has 2 saturated carbocycles. The summed E-state index contributed by atoms with van der Waals surface area (Å²) in [4.78, 5) is 31.6. The summed E-state index contributed by atoms with van der Waals surface area (Å²) in [5.41, 5.74) is -1.24. The number of carbonyl (C=O) groups excluding carboxylic acids is 2. The quantitative estimate of drug-likeness (QED) is 0.181. The van der Waals surface area contributed by atoms with E-state index >= 15 is 0 Å². The van der Waals surface area contributed by atoms with Gasteiger partial charge in [0.15, 0.2) is 0 Å². The fourth-order valence-corrected chi connectivity index (χ4v) is 9.94. The second kappa shape index (κ2) is 19.8. The molecule has 16 heteroatoms. The SMILES string of the molecule is COc1cc(C(F)(F)F)cc(SC)c1C(=O)N[C@@H]1CCCC[C@@H]1N1CCCC1.COc1cc(C(F)(F)F)cc(SC)c1C(=O)N[C@H]1CCCC[C@@H]1N1CCCC1. The Kier molecular flexibility index (Phi) is 15.6. The number of halogens is 6. The molecule has 0 aromatic heterocycles. The molecule has 2 N–H and O–H groups in total. The molecule has 2 amide bonds. The first-order valence-electron chi connectivity index (χ1n) is 19.5. The van der Waals surface area contributed by atoms with Crippen LogP contribution in [-0.4, -0.2) is 98.7 Å². The number of ether oxygens (including phenoxy) is 2. The highest BCUT2D eigenvalue weighted by molar-refractivity contribution is 7.99. The van der Waals surface area contributed by atoms with E-state index in [0.29, 0.717) is 12.1 Å². The molecule has 2 heterocycles. The minimum atomic E-state index is -4.49. The summed E-state index contributed by atoms with van der Waals surface area (Å²) in [6, 6.07) is 4.52. The van der Waals surface area contributed by atoms with Crippen molar-refractivity contribution >= 4 is 35.3 Å². The molecule has 0 radical (unpaired) electrons. The van der Waals surface area contributed by atoms with Gasteiger partial charge in [-0.1, -0.05) is 25.7 Å². The van der Waals surface area contributed by atoms with E-state index in [1.54, 1.807) is 12.5 Å². The van der Waals surface area contributed by atoms with Crippen molar-refractivity contribution in [2.75, 3.05) is 52.9 Å². The monoisotopic (exact) mass is 832 g/mol. The molecule has 2 saturated heterocycles. The Balaban J connectivity index is 0.000000214. The second-order valence-corrected chi connectivity index (χ2v) is 16.6. The van der Waals surface area contributed by atoms with E-state index in [2.05, 4.69) is 20.4 Å². The number of nitrogens with one attached hydrogen (secondary N) is 2. The maximum atomic E-state index is 13.2. The summed E-state index contributed by atoms with van der Waals surface area (Å²) in [7, 11) is 2.59. The van der Waals surface area contributed by atoms with Crippen molar-refractivity contribution in [1.29, 1.82) is 0 Å². The van der Waals surface area contributed by atoms with Crippen LogP contribution in [0.4, 0.5) is 26.3 Å². The van der Waals surface area contributed by atoms with E-state index in [0.717, 1.165) is 125 Å². The number of hydrogen-bond donors (Lipinski definition) is 2. The van der Waals surface area contributed by atoms with Crippen LogP contribution in [0, 0.1) is 0 Å². The summed E-state index contributed by atoms with van der Waals surface area (Å²) in [5, 5.41) is 6.23. The summed E-state index contributed by atoms with van der Waals surface area (Å²) >= 11 is 2.24. The Hall–Kier alpha value is -2.82. The maximum absolute atomic E-state index is 13.2. The predicted octanol–water partition coefficient (Wildman–Crippen LogP) is 9.15. The lowest BCUT2D eigenvalue weighted by Crippen LogP contribution is -2.52. The summed E-state index contributed by atoms with van der Waals surface area (Å²) < 4.78 is 89.4. The van der Waals surface area contributed by atoms with E-state index in [-0.39, 0.29) is 56.3 Å². The van der Waals surface area contributed by atoms with Crippen LogP contribution in [0.1, 0.15) is 109 Å². The fraction of sp³-hybridized carbons (Fsp3) is 0.650. The van der Waals surface area contributed by atoms with E-state index < -0.39 is 23.5 Å². The first kappa shape index (κ1) is 44.3. The van der Waals surface area contributed by atoms with Gasteiger partial charge in [0.2, 0.25) is 0 Å². The molecule has 4 aliphatic rings. The number of benzene rings is 2. The number of thioether (sulfide) groups is 2. The molecule has 0 spiro atoms. The molecule has 2 aliphatic heterocycles. The van der Waals surface area contributed by atoms with Crippen molar-refractivity contribution in [1.82, 2.24) is 20.4 Å². The van der Waals surface area contributed by atoms with Crippen molar-refractivity contribution in [3.63, 3.8) is 0 Å². The highest BCUT2D eigenvalue weighted by Crippen LogP contribution is 2.40. The van der Waals surface area contributed by atoms with Gasteiger partial charge in [0.25, 0.3) is 11.8 Å². The van der Waals surface area contributed by atoms with Gasteiger partial charge in [0.1, 0.15) is 11.5 Å². The average molecular weight is 833 g/mol. The van der Waals surface area contributed by atoms with Crippen LogP contribution in [-0.2, 0) is 12.4 Å². The maximum Gasteiger partial charge on any atom is 0.416 e. The lowest BCUT2D eigenvalue weighted by Gasteiger charge is -2.38. The third kappa shape index (κ3) is 10.8. The number of rotatable bonds is 10. The largest absolute Gasteiger partial charge is 0.496 e. The van der Waals surface area contributed by atoms with Gasteiger partial charge in [-0.3, -0.25) is 19.4 Å². The Morgan fingerprint density at radius 1 is 0.589 bits per heavy atom. The molecule has 2 aromatic rings. The molecule has 4 atom stereocenters. The molecular formula is C40H54F6N4O4S2. The van der Waals surface area contributed by atoms with E-state index in [1.807, 2.05) is 0 Å². The van der Waals surface area contributed by atoms with Crippen LogP contribution in [0.5, 0.6) is 11.5 Å². The van der Waals surface area contributed by atoms with Gasteiger partial charge in [-0.2, -0.15) is 26.3 Å². The number of hydrogen-bond acceptors (Lipinski definition) is 8. The van der Waals surface area contributed by atoms with Gasteiger partial charge in [0, 0.05) is 34.0 Å². The zero-order valence-electron chi connectivity index (χ0n) is 32.5. The van der Waals surface area contributed by atoms with Crippen molar-refractivity contribution in [2.45, 2.75) is 123 Å². The molecule has 0 unspecified atom stereocenters. The minimum absolute atomic E-state index is 0.0149. The van der Waals surface area contributed by atoms with Crippen molar-refractivity contribution in [3.05, 3.63) is 46.5 Å². The van der Waals surface area contributed by atoms with E-state index in [4.69, 9.17) is 9.47 Å². The molecule has 2 aliphatic carbocycles. The van der Waals surface area contributed by atoms with Crippen LogP contribution < -0.4 is 20.1 Å². The Bertz CT molecular complexity index is 1480. The van der Waals surface area contributed by atoms with Crippen molar-refractivity contribution in [3.8, 4) is 11.5 Å². The molecule has 8 nitrogen and oxygen atoms in total. The number of methoxy groups -OCH3 is 2. The first-order valence-corrected chi connectivity index (χ1v) is 21.9. The molecule has 4 fully saturated rings. The minimum Gasteiger partial charge on any atom is -0.496 e. The Labute approximate surface area is 334 Å². The third-order valence-electron chi connectivity index (χ3n) is 11.4. The smallest absolute Gasteiger partial charge is 0.416 e. The van der Waals surface area contributed by atoms with Gasteiger partial charge in [0.05, 0.1) is 36.5 Å². The lowest BCUT2D eigenvalue weighted by atomic mass is 9.89. The average Bonchev–Trinajstić information content (AvgIpc) is 3.93. The number of alkyl halides is 6. The van der Waals surface area contributed by atoms with Crippen LogP contribution >= 0.6 is 23.5 Å². The zero-order valence-corrected chi connectivity index (χ0v) is 34.2. The molecule has 2 aromatic carbocycles. The van der Waals surface area contributed by atoms with Gasteiger partial charge < -0.3 is 20.1 Å². The normalized spacial score (nSPS) is 23.6. The topological polar surface area (TPSA) is 83.1 Å². The fourth-order valence-electron chi connectivity index (χ4n) is 8.66. The number of carbonyl (C=O) groups is 2. The number of likely N-dealkylation sites (tertiary alicyclic amines) is 2. The summed E-state index contributed by atoms with van der Waals surface area (Å²) in [6.45, 7) is 4.21. The molecule has 56 heavy (non-hydrogen) atoms. The van der Waals surface area contributed by atoms with Crippen LogP contribution in [0.3, 0.4) is 0 Å². The van der Waals surface area contributed by atoms with Crippen molar-refractivity contribution < 1.29 is 45.4 Å².